The quantitative estimate of drug-likeness (QED) is 0.374. The van der Waals surface area contributed by atoms with Crippen molar-refractivity contribution in [1.82, 2.24) is 9.97 Å². The van der Waals surface area contributed by atoms with E-state index in [1.165, 1.54) is 25.2 Å². The minimum absolute atomic E-state index is 0.277. The maximum absolute atomic E-state index is 11.3. The van der Waals surface area contributed by atoms with Crippen LogP contribution in [0.25, 0.3) is 10.9 Å². The number of rotatable bonds is 4. The van der Waals surface area contributed by atoms with Gasteiger partial charge in [0, 0.05) is 11.1 Å². The van der Waals surface area contributed by atoms with Gasteiger partial charge < -0.3 is 4.74 Å². The van der Waals surface area contributed by atoms with Gasteiger partial charge in [0.1, 0.15) is 16.2 Å². The molecule has 0 bridgehead atoms. The Kier molecular flexibility index (Phi) is 4.54. The first-order valence-corrected chi connectivity index (χ1v) is 7.17. The van der Waals surface area contributed by atoms with Gasteiger partial charge in [-0.05, 0) is 6.07 Å². The van der Waals surface area contributed by atoms with E-state index in [1.807, 2.05) is 24.3 Å². The summed E-state index contributed by atoms with van der Waals surface area (Å²) in [5.41, 5.74) is 0.902. The van der Waals surface area contributed by atoms with Gasteiger partial charge in [-0.15, -0.1) is 11.8 Å². The van der Waals surface area contributed by atoms with Crippen molar-refractivity contribution in [2.24, 2.45) is 0 Å². The molecular weight excluding hydrogens is 316 g/mol. The van der Waals surface area contributed by atoms with Gasteiger partial charge in [0.15, 0.2) is 0 Å². The van der Waals surface area contributed by atoms with Gasteiger partial charge in [-0.1, -0.05) is 34.1 Å². The van der Waals surface area contributed by atoms with Crippen LogP contribution in [0, 0.1) is 0 Å². The van der Waals surface area contributed by atoms with Crippen molar-refractivity contribution >= 4 is 44.6 Å². The van der Waals surface area contributed by atoms with Crippen molar-refractivity contribution in [3.63, 3.8) is 0 Å². The fourth-order valence-electron chi connectivity index (χ4n) is 1.44. The molecule has 1 aromatic carbocycles. The lowest BCUT2D eigenvalue weighted by atomic mass is 10.2. The molecule has 1 aromatic heterocycles. The van der Waals surface area contributed by atoms with E-state index in [0.717, 1.165) is 15.9 Å². The maximum atomic E-state index is 11.3. The second kappa shape index (κ2) is 6.15. The maximum Gasteiger partial charge on any atom is 0.320 e. The number of carbonyl (C=O) groups is 1. The summed E-state index contributed by atoms with van der Waals surface area (Å²) in [7, 11) is 1.38. The van der Waals surface area contributed by atoms with Crippen LogP contribution in [-0.4, -0.2) is 33.6 Å². The number of halogens is 1. The Morgan fingerprint density at radius 2 is 2.22 bits per heavy atom. The largest absolute Gasteiger partial charge is 0.468 e. The third kappa shape index (κ3) is 3.00. The number of aromatic nitrogens is 2. The number of carbonyl (C=O) groups excluding carboxylic acids is 1. The summed E-state index contributed by atoms with van der Waals surface area (Å²) in [5, 5.41) is 1.86. The highest BCUT2D eigenvalue weighted by atomic mass is 79.9. The van der Waals surface area contributed by atoms with Crippen molar-refractivity contribution in [2.75, 3.05) is 12.9 Å². The molecule has 0 spiro atoms. The molecule has 0 amide bonds. The molecule has 0 aliphatic heterocycles. The molecular formula is C12H11BrN2O2S. The van der Waals surface area contributed by atoms with Gasteiger partial charge in [0.2, 0.25) is 0 Å². The highest BCUT2D eigenvalue weighted by Crippen LogP contribution is 2.26. The molecule has 0 aliphatic rings. The first-order valence-electron chi connectivity index (χ1n) is 5.27. The Hall–Kier alpha value is -1.14. The zero-order valence-electron chi connectivity index (χ0n) is 9.67. The number of ether oxygens (including phenoxy) is 1. The molecule has 0 fully saturated rings. The molecule has 0 N–H and O–H groups in total. The predicted octanol–water partition coefficient (Wildman–Crippen LogP) is 2.66. The van der Waals surface area contributed by atoms with E-state index in [1.54, 1.807) is 0 Å². The monoisotopic (exact) mass is 326 g/mol. The normalized spacial score (nSPS) is 12.3. The topological polar surface area (TPSA) is 52.1 Å². The molecule has 18 heavy (non-hydrogen) atoms. The van der Waals surface area contributed by atoms with Gasteiger partial charge in [0.25, 0.3) is 0 Å². The van der Waals surface area contributed by atoms with E-state index >= 15 is 0 Å². The first-order chi connectivity index (χ1) is 8.72. The SMILES string of the molecule is COC(=O)C(Br)CSc1ncnc2ccccc12. The summed E-state index contributed by atoms with van der Waals surface area (Å²) in [6, 6.07) is 7.79. The molecule has 2 aromatic rings. The van der Waals surface area contributed by atoms with E-state index < -0.39 is 0 Å². The summed E-state index contributed by atoms with van der Waals surface area (Å²) in [6.45, 7) is 0. The van der Waals surface area contributed by atoms with Crippen LogP contribution in [-0.2, 0) is 9.53 Å². The minimum atomic E-state index is -0.332. The number of nitrogens with zero attached hydrogens (tertiary/aromatic N) is 2. The van der Waals surface area contributed by atoms with Crippen LogP contribution in [0.15, 0.2) is 35.6 Å². The average Bonchev–Trinajstić information content (AvgIpc) is 2.43. The lowest BCUT2D eigenvalue weighted by Crippen LogP contribution is -2.17. The first kappa shape index (κ1) is 13.3. The van der Waals surface area contributed by atoms with Crippen LogP contribution in [0.5, 0.6) is 0 Å². The van der Waals surface area contributed by atoms with Crippen molar-refractivity contribution in [3.8, 4) is 0 Å². The van der Waals surface area contributed by atoms with Crippen LogP contribution in [0.2, 0.25) is 0 Å². The van der Waals surface area contributed by atoms with Crippen molar-refractivity contribution < 1.29 is 9.53 Å². The Balaban J connectivity index is 2.15. The number of thioether (sulfide) groups is 1. The van der Waals surface area contributed by atoms with E-state index in [0.29, 0.717) is 5.75 Å². The van der Waals surface area contributed by atoms with Crippen molar-refractivity contribution in [1.29, 1.82) is 0 Å². The molecule has 0 saturated heterocycles. The Bertz CT molecular complexity index is 559. The van der Waals surface area contributed by atoms with Gasteiger partial charge in [0.05, 0.1) is 12.6 Å². The number of hydrogen-bond donors (Lipinski definition) is 0. The molecule has 1 atom stereocenters. The summed E-state index contributed by atoms with van der Waals surface area (Å²) in [6.07, 6.45) is 1.53. The Labute approximate surface area is 117 Å². The van der Waals surface area contributed by atoms with Gasteiger partial charge in [-0.2, -0.15) is 0 Å². The lowest BCUT2D eigenvalue weighted by Gasteiger charge is -2.07. The molecule has 94 valence electrons. The molecule has 6 heteroatoms. The number of para-hydroxylation sites is 1. The zero-order chi connectivity index (χ0) is 13.0. The lowest BCUT2D eigenvalue weighted by molar-refractivity contribution is -0.139. The van der Waals surface area contributed by atoms with E-state index in [9.17, 15) is 4.79 Å². The summed E-state index contributed by atoms with van der Waals surface area (Å²) < 4.78 is 4.66. The number of fused-ring (bicyclic) bond motifs is 1. The van der Waals surface area contributed by atoms with Gasteiger partial charge >= 0.3 is 5.97 Å². The van der Waals surface area contributed by atoms with E-state index in [4.69, 9.17) is 0 Å². The molecule has 0 radical (unpaired) electrons. The summed E-state index contributed by atoms with van der Waals surface area (Å²) in [4.78, 5) is 19.4. The molecule has 1 heterocycles. The van der Waals surface area contributed by atoms with Crippen LogP contribution in [0.1, 0.15) is 0 Å². The number of alkyl halides is 1. The number of benzene rings is 1. The predicted molar refractivity (Wildman–Crippen MR) is 75.0 cm³/mol. The molecule has 2 rings (SSSR count). The molecule has 1 unspecified atom stereocenters. The highest BCUT2D eigenvalue weighted by Gasteiger charge is 2.16. The van der Waals surface area contributed by atoms with Gasteiger partial charge in [-0.3, -0.25) is 4.79 Å². The zero-order valence-corrected chi connectivity index (χ0v) is 12.1. The second-order valence-corrected chi connectivity index (χ2v) is 5.61. The van der Waals surface area contributed by atoms with Crippen LogP contribution in [0.4, 0.5) is 0 Å². The summed E-state index contributed by atoms with van der Waals surface area (Å²) in [5.74, 6) is 0.286. The van der Waals surface area contributed by atoms with Crippen LogP contribution < -0.4 is 0 Å². The van der Waals surface area contributed by atoms with Crippen molar-refractivity contribution in [2.45, 2.75) is 9.85 Å². The standard InChI is InChI=1S/C12H11BrN2O2S/c1-17-12(16)9(13)6-18-11-8-4-2-3-5-10(8)14-7-15-11/h2-5,7,9H,6H2,1H3. The average molecular weight is 327 g/mol. The fourth-order valence-corrected chi connectivity index (χ4v) is 2.92. The third-order valence-corrected chi connectivity index (χ3v) is 4.55. The smallest absolute Gasteiger partial charge is 0.320 e. The summed E-state index contributed by atoms with van der Waals surface area (Å²) >= 11 is 4.79. The van der Waals surface area contributed by atoms with Crippen LogP contribution in [0.3, 0.4) is 0 Å². The number of methoxy groups -OCH3 is 1. The number of esters is 1. The number of hydrogen-bond acceptors (Lipinski definition) is 5. The molecule has 0 aliphatic carbocycles. The van der Waals surface area contributed by atoms with E-state index in [-0.39, 0.29) is 10.8 Å². The Morgan fingerprint density at radius 3 is 3.00 bits per heavy atom. The van der Waals surface area contributed by atoms with Gasteiger partial charge in [-0.25, -0.2) is 9.97 Å². The highest BCUT2D eigenvalue weighted by molar-refractivity contribution is 9.10. The van der Waals surface area contributed by atoms with Crippen LogP contribution >= 0.6 is 27.7 Å². The minimum Gasteiger partial charge on any atom is -0.468 e. The third-order valence-electron chi connectivity index (χ3n) is 2.33. The second-order valence-electron chi connectivity index (χ2n) is 3.50. The fraction of sp³-hybridized carbons (Fsp3) is 0.250. The van der Waals surface area contributed by atoms with Crippen molar-refractivity contribution in [3.05, 3.63) is 30.6 Å². The van der Waals surface area contributed by atoms with E-state index in [2.05, 4.69) is 30.6 Å². The molecule has 4 nitrogen and oxygen atoms in total. The Morgan fingerprint density at radius 1 is 1.44 bits per heavy atom. The molecule has 0 saturated carbocycles.